The monoisotopic (exact) mass is 337 g/mol. The SMILES string of the molecule is CN(C(=O)c1ccc(N2CCCC2=O)cc1)C1CCNCC1.Cl. The summed E-state index contributed by atoms with van der Waals surface area (Å²) in [6.45, 7) is 2.72. The molecule has 5 nitrogen and oxygen atoms in total. The standard InChI is InChI=1S/C17H23N3O2.ClH/c1-19(14-8-10-18-11-9-14)17(22)13-4-6-15(7-5-13)20-12-2-3-16(20)21;/h4-7,14,18H,2-3,8-12H2,1H3;1H. The van der Waals surface area contributed by atoms with E-state index < -0.39 is 0 Å². The highest BCUT2D eigenvalue weighted by molar-refractivity contribution is 5.97. The number of nitrogens with zero attached hydrogens (tertiary/aromatic N) is 2. The van der Waals surface area contributed by atoms with Crippen molar-refractivity contribution >= 4 is 29.9 Å². The maximum atomic E-state index is 12.6. The molecule has 23 heavy (non-hydrogen) atoms. The van der Waals surface area contributed by atoms with Crippen molar-refractivity contribution in [3.05, 3.63) is 29.8 Å². The fourth-order valence-electron chi connectivity index (χ4n) is 3.27. The van der Waals surface area contributed by atoms with Crippen molar-refractivity contribution in [1.29, 1.82) is 0 Å². The van der Waals surface area contributed by atoms with Gasteiger partial charge in [-0.25, -0.2) is 0 Å². The Hall–Kier alpha value is -1.59. The van der Waals surface area contributed by atoms with E-state index in [9.17, 15) is 9.59 Å². The van der Waals surface area contributed by atoms with Crippen molar-refractivity contribution in [1.82, 2.24) is 10.2 Å². The van der Waals surface area contributed by atoms with E-state index in [1.807, 2.05) is 36.2 Å². The Kier molecular flexibility index (Phi) is 6.02. The maximum absolute atomic E-state index is 12.6. The average Bonchev–Trinajstić information content (AvgIpc) is 3.00. The molecule has 2 amide bonds. The summed E-state index contributed by atoms with van der Waals surface area (Å²) in [6.07, 6.45) is 3.54. The third-order valence-corrected chi connectivity index (χ3v) is 4.68. The lowest BCUT2D eigenvalue weighted by Crippen LogP contribution is -2.43. The van der Waals surface area contributed by atoms with Gasteiger partial charge in [-0.1, -0.05) is 0 Å². The zero-order valence-corrected chi connectivity index (χ0v) is 14.3. The van der Waals surface area contributed by atoms with Crippen LogP contribution in [-0.4, -0.2) is 49.4 Å². The molecule has 6 heteroatoms. The second kappa shape index (κ2) is 7.79. The number of nitrogens with one attached hydrogen (secondary N) is 1. The minimum atomic E-state index is 0. The van der Waals surface area contributed by atoms with Gasteiger partial charge >= 0.3 is 0 Å². The lowest BCUT2D eigenvalue weighted by molar-refractivity contribution is -0.117. The maximum Gasteiger partial charge on any atom is 0.253 e. The van der Waals surface area contributed by atoms with Gasteiger partial charge in [-0.05, 0) is 56.6 Å². The van der Waals surface area contributed by atoms with E-state index in [-0.39, 0.29) is 24.2 Å². The highest BCUT2D eigenvalue weighted by atomic mass is 35.5. The Bertz CT molecular complexity index is 555. The molecule has 2 saturated heterocycles. The van der Waals surface area contributed by atoms with Gasteiger partial charge in [-0.3, -0.25) is 9.59 Å². The molecule has 1 N–H and O–H groups in total. The fraction of sp³-hybridized carbons (Fsp3) is 0.529. The van der Waals surface area contributed by atoms with Crippen LogP contribution in [0.5, 0.6) is 0 Å². The van der Waals surface area contributed by atoms with Crippen LogP contribution in [0.3, 0.4) is 0 Å². The van der Waals surface area contributed by atoms with Gasteiger partial charge in [-0.15, -0.1) is 12.4 Å². The Morgan fingerprint density at radius 1 is 1.22 bits per heavy atom. The van der Waals surface area contributed by atoms with Crippen molar-refractivity contribution in [3.63, 3.8) is 0 Å². The summed E-state index contributed by atoms with van der Waals surface area (Å²) >= 11 is 0. The van der Waals surface area contributed by atoms with Crippen LogP contribution >= 0.6 is 12.4 Å². The number of hydrogen-bond donors (Lipinski definition) is 1. The fourth-order valence-corrected chi connectivity index (χ4v) is 3.27. The second-order valence-corrected chi connectivity index (χ2v) is 6.09. The first kappa shape index (κ1) is 17.8. The molecule has 2 aliphatic heterocycles. The van der Waals surface area contributed by atoms with Crippen LogP contribution in [-0.2, 0) is 4.79 Å². The van der Waals surface area contributed by atoms with E-state index >= 15 is 0 Å². The Labute approximate surface area is 143 Å². The molecule has 2 heterocycles. The molecular weight excluding hydrogens is 314 g/mol. The summed E-state index contributed by atoms with van der Waals surface area (Å²) in [4.78, 5) is 28.0. The number of carbonyl (C=O) groups is 2. The van der Waals surface area contributed by atoms with E-state index in [0.717, 1.165) is 44.6 Å². The lowest BCUT2D eigenvalue weighted by atomic mass is 10.0. The van der Waals surface area contributed by atoms with Gasteiger partial charge in [0.05, 0.1) is 0 Å². The summed E-state index contributed by atoms with van der Waals surface area (Å²) in [6, 6.07) is 7.75. The lowest BCUT2D eigenvalue weighted by Gasteiger charge is -2.31. The molecule has 0 spiro atoms. The quantitative estimate of drug-likeness (QED) is 0.918. The van der Waals surface area contributed by atoms with E-state index in [2.05, 4.69) is 5.32 Å². The molecule has 2 aliphatic rings. The van der Waals surface area contributed by atoms with Gasteiger partial charge in [0, 0.05) is 37.3 Å². The van der Waals surface area contributed by atoms with Crippen LogP contribution in [0.4, 0.5) is 5.69 Å². The van der Waals surface area contributed by atoms with Crippen molar-refractivity contribution < 1.29 is 9.59 Å². The Morgan fingerprint density at radius 3 is 2.43 bits per heavy atom. The first-order chi connectivity index (χ1) is 10.7. The van der Waals surface area contributed by atoms with Crippen molar-refractivity contribution in [3.8, 4) is 0 Å². The number of carbonyl (C=O) groups excluding carboxylic acids is 2. The molecule has 0 aromatic heterocycles. The molecular formula is C17H24ClN3O2. The summed E-state index contributed by atoms with van der Waals surface area (Å²) < 4.78 is 0. The van der Waals surface area contributed by atoms with Crippen molar-refractivity contribution in [2.45, 2.75) is 31.7 Å². The third kappa shape index (κ3) is 3.85. The van der Waals surface area contributed by atoms with Gasteiger partial charge in [0.1, 0.15) is 0 Å². The van der Waals surface area contributed by atoms with Gasteiger partial charge in [0.2, 0.25) is 5.91 Å². The van der Waals surface area contributed by atoms with Crippen LogP contribution in [0.1, 0.15) is 36.0 Å². The molecule has 0 aliphatic carbocycles. The zero-order chi connectivity index (χ0) is 15.5. The van der Waals surface area contributed by atoms with Crippen LogP contribution < -0.4 is 10.2 Å². The average molecular weight is 338 g/mol. The minimum absolute atomic E-state index is 0. The Balaban J connectivity index is 0.00000192. The smallest absolute Gasteiger partial charge is 0.253 e. The molecule has 0 unspecified atom stereocenters. The normalized spacial score (nSPS) is 18.7. The van der Waals surface area contributed by atoms with Crippen molar-refractivity contribution in [2.75, 3.05) is 31.6 Å². The largest absolute Gasteiger partial charge is 0.339 e. The predicted octanol–water partition coefficient (Wildman–Crippen LogP) is 2.06. The van der Waals surface area contributed by atoms with Gasteiger partial charge in [-0.2, -0.15) is 0 Å². The molecule has 0 bridgehead atoms. The predicted molar refractivity (Wildman–Crippen MR) is 93.3 cm³/mol. The molecule has 3 rings (SSSR count). The number of rotatable bonds is 3. The molecule has 0 atom stereocenters. The molecule has 0 saturated carbocycles. The highest BCUT2D eigenvalue weighted by Crippen LogP contribution is 2.22. The van der Waals surface area contributed by atoms with E-state index in [1.165, 1.54) is 0 Å². The van der Waals surface area contributed by atoms with E-state index in [1.54, 1.807) is 4.90 Å². The van der Waals surface area contributed by atoms with E-state index in [0.29, 0.717) is 18.0 Å². The van der Waals surface area contributed by atoms with Gasteiger partial charge in [0.25, 0.3) is 5.91 Å². The first-order valence-electron chi connectivity index (χ1n) is 8.05. The molecule has 2 fully saturated rings. The topological polar surface area (TPSA) is 52.7 Å². The molecule has 1 aromatic carbocycles. The third-order valence-electron chi connectivity index (χ3n) is 4.68. The number of benzene rings is 1. The summed E-state index contributed by atoms with van der Waals surface area (Å²) in [7, 11) is 1.89. The number of amides is 2. The zero-order valence-electron chi connectivity index (χ0n) is 13.5. The molecule has 0 radical (unpaired) electrons. The van der Waals surface area contributed by atoms with Crippen molar-refractivity contribution in [2.24, 2.45) is 0 Å². The van der Waals surface area contributed by atoms with Gasteiger partial charge in [0.15, 0.2) is 0 Å². The van der Waals surface area contributed by atoms with Crippen LogP contribution in [0, 0.1) is 0 Å². The van der Waals surface area contributed by atoms with E-state index in [4.69, 9.17) is 0 Å². The van der Waals surface area contributed by atoms with Crippen LogP contribution in [0.2, 0.25) is 0 Å². The second-order valence-electron chi connectivity index (χ2n) is 6.09. The van der Waals surface area contributed by atoms with Gasteiger partial charge < -0.3 is 15.1 Å². The minimum Gasteiger partial charge on any atom is -0.339 e. The first-order valence-corrected chi connectivity index (χ1v) is 8.05. The number of halogens is 1. The summed E-state index contributed by atoms with van der Waals surface area (Å²) in [5.74, 6) is 0.233. The van der Waals surface area contributed by atoms with Crippen LogP contribution in [0.25, 0.3) is 0 Å². The molecule has 126 valence electrons. The summed E-state index contributed by atoms with van der Waals surface area (Å²) in [5, 5.41) is 3.32. The number of anilines is 1. The van der Waals surface area contributed by atoms with Crippen LogP contribution in [0.15, 0.2) is 24.3 Å². The number of piperidine rings is 1. The Morgan fingerprint density at radius 2 is 1.87 bits per heavy atom. The highest BCUT2D eigenvalue weighted by Gasteiger charge is 2.24. The molecule has 1 aromatic rings. The number of hydrogen-bond acceptors (Lipinski definition) is 3. The summed E-state index contributed by atoms with van der Waals surface area (Å²) in [5.41, 5.74) is 1.58.